The second-order valence-electron chi connectivity index (χ2n) is 6.63. The van der Waals surface area contributed by atoms with Gasteiger partial charge in [-0.1, -0.05) is 49.4 Å². The molecule has 0 aliphatic carbocycles. The Labute approximate surface area is 171 Å². The summed E-state index contributed by atoms with van der Waals surface area (Å²) in [5.41, 5.74) is 3.89. The smallest absolute Gasteiger partial charge is 0.231 e. The van der Waals surface area contributed by atoms with Crippen LogP contribution in [0.15, 0.2) is 60.0 Å². The molecular weight excluding hydrogens is 366 g/mol. The molecule has 0 saturated carbocycles. The Morgan fingerprint density at radius 2 is 1.71 bits per heavy atom. The molecule has 1 unspecified atom stereocenters. The van der Waals surface area contributed by atoms with Crippen molar-refractivity contribution in [3.05, 3.63) is 65.5 Å². The third-order valence-electron chi connectivity index (χ3n) is 4.90. The second kappa shape index (κ2) is 9.51. The lowest BCUT2D eigenvalue weighted by Crippen LogP contribution is -2.21. The van der Waals surface area contributed by atoms with E-state index in [0.29, 0.717) is 0 Å². The molecule has 2 aromatic carbocycles. The fraction of sp³-hybridized carbons (Fsp3) is 0.304. The number of rotatable bonds is 8. The summed E-state index contributed by atoms with van der Waals surface area (Å²) in [5.74, 6) is -0.116. The van der Waals surface area contributed by atoms with Crippen LogP contribution in [0.25, 0.3) is 11.3 Å². The van der Waals surface area contributed by atoms with E-state index in [0.717, 1.165) is 47.2 Å². The van der Waals surface area contributed by atoms with E-state index in [4.69, 9.17) is 4.98 Å². The van der Waals surface area contributed by atoms with Crippen LogP contribution >= 0.6 is 11.3 Å². The normalized spacial score (nSPS) is 11.8. The molecule has 1 aromatic heterocycles. The number of nitrogens with one attached hydrogen (secondary N) is 1. The van der Waals surface area contributed by atoms with Gasteiger partial charge in [-0.25, -0.2) is 4.98 Å². The van der Waals surface area contributed by atoms with E-state index in [9.17, 15) is 4.79 Å². The van der Waals surface area contributed by atoms with Crippen LogP contribution in [-0.4, -0.2) is 24.0 Å². The lowest BCUT2D eigenvalue weighted by atomic mass is 9.95. The molecule has 0 aliphatic rings. The van der Waals surface area contributed by atoms with Crippen molar-refractivity contribution in [2.45, 2.75) is 33.1 Å². The molecule has 1 atom stereocenters. The molecule has 3 aromatic rings. The van der Waals surface area contributed by atoms with Gasteiger partial charge in [-0.3, -0.25) is 4.79 Å². The summed E-state index contributed by atoms with van der Waals surface area (Å²) in [4.78, 5) is 19.7. The van der Waals surface area contributed by atoms with Crippen LogP contribution in [0.1, 0.15) is 38.7 Å². The van der Waals surface area contributed by atoms with Gasteiger partial charge >= 0.3 is 0 Å². The first-order chi connectivity index (χ1) is 13.7. The van der Waals surface area contributed by atoms with Gasteiger partial charge < -0.3 is 10.2 Å². The SMILES string of the molecule is CCC(C(=O)Nc1ccc(-c2csc(N(CC)CC)n2)cc1)c1ccccc1. The third-order valence-corrected chi connectivity index (χ3v) is 5.80. The summed E-state index contributed by atoms with van der Waals surface area (Å²) >= 11 is 1.67. The Kier molecular flexibility index (Phi) is 6.82. The molecule has 4 nitrogen and oxygen atoms in total. The summed E-state index contributed by atoms with van der Waals surface area (Å²) in [7, 11) is 0. The highest BCUT2D eigenvalue weighted by Gasteiger charge is 2.18. The van der Waals surface area contributed by atoms with Crippen LogP contribution < -0.4 is 10.2 Å². The Hall–Kier alpha value is -2.66. The van der Waals surface area contributed by atoms with E-state index in [1.807, 2.05) is 61.5 Å². The number of aromatic nitrogens is 1. The minimum Gasteiger partial charge on any atom is -0.349 e. The van der Waals surface area contributed by atoms with Crippen molar-refractivity contribution in [1.29, 1.82) is 0 Å². The number of amides is 1. The van der Waals surface area contributed by atoms with Crippen LogP contribution in [0.2, 0.25) is 0 Å². The summed E-state index contributed by atoms with van der Waals surface area (Å²) < 4.78 is 0. The highest BCUT2D eigenvalue weighted by atomic mass is 32.1. The van der Waals surface area contributed by atoms with E-state index < -0.39 is 0 Å². The standard InChI is InChI=1S/C23H27N3OS/c1-4-20(17-10-8-7-9-11-17)22(27)24-19-14-12-18(13-15-19)21-16-28-23(25-21)26(5-2)6-3/h7-16,20H,4-6H2,1-3H3,(H,24,27). The molecule has 0 bridgehead atoms. The first kappa shape index (κ1) is 20.1. The first-order valence-electron chi connectivity index (χ1n) is 9.82. The molecule has 3 rings (SSSR count). The number of thiazole rings is 1. The Balaban J connectivity index is 1.70. The quantitative estimate of drug-likeness (QED) is 0.527. The number of benzene rings is 2. The molecule has 28 heavy (non-hydrogen) atoms. The zero-order chi connectivity index (χ0) is 19.9. The van der Waals surface area contributed by atoms with E-state index >= 15 is 0 Å². The van der Waals surface area contributed by atoms with E-state index in [2.05, 4.69) is 29.4 Å². The maximum atomic E-state index is 12.7. The number of carbonyl (C=O) groups excluding carboxylic acids is 1. The van der Waals surface area contributed by atoms with Gasteiger partial charge in [0, 0.05) is 29.7 Å². The highest BCUT2D eigenvalue weighted by molar-refractivity contribution is 7.14. The lowest BCUT2D eigenvalue weighted by molar-refractivity contribution is -0.117. The molecule has 1 amide bonds. The average Bonchev–Trinajstić information content (AvgIpc) is 3.21. The molecule has 0 radical (unpaired) electrons. The molecule has 1 heterocycles. The molecule has 146 valence electrons. The third kappa shape index (κ3) is 4.60. The van der Waals surface area contributed by atoms with Gasteiger partial charge in [0.2, 0.25) is 5.91 Å². The van der Waals surface area contributed by atoms with Crippen molar-refractivity contribution in [2.75, 3.05) is 23.3 Å². The number of anilines is 2. The summed E-state index contributed by atoms with van der Waals surface area (Å²) in [6.07, 6.45) is 0.765. The largest absolute Gasteiger partial charge is 0.349 e. The van der Waals surface area contributed by atoms with Crippen molar-refractivity contribution >= 4 is 28.1 Å². The predicted octanol–water partition coefficient (Wildman–Crippen LogP) is 5.79. The van der Waals surface area contributed by atoms with E-state index in [1.165, 1.54) is 0 Å². The molecule has 1 N–H and O–H groups in total. The maximum Gasteiger partial charge on any atom is 0.231 e. The topological polar surface area (TPSA) is 45.2 Å². The van der Waals surface area contributed by atoms with E-state index in [-0.39, 0.29) is 11.8 Å². The highest BCUT2D eigenvalue weighted by Crippen LogP contribution is 2.28. The van der Waals surface area contributed by atoms with Crippen molar-refractivity contribution in [2.24, 2.45) is 0 Å². The number of hydrogen-bond donors (Lipinski definition) is 1. The molecule has 0 aliphatic heterocycles. The predicted molar refractivity (Wildman–Crippen MR) is 119 cm³/mol. The fourth-order valence-corrected chi connectivity index (χ4v) is 4.21. The van der Waals surface area contributed by atoms with Crippen LogP contribution in [0.3, 0.4) is 0 Å². The van der Waals surface area contributed by atoms with Gasteiger partial charge in [0.25, 0.3) is 0 Å². The number of carbonyl (C=O) groups is 1. The van der Waals surface area contributed by atoms with E-state index in [1.54, 1.807) is 11.3 Å². The summed E-state index contributed by atoms with van der Waals surface area (Å²) in [6.45, 7) is 8.22. The zero-order valence-corrected chi connectivity index (χ0v) is 17.5. The van der Waals surface area contributed by atoms with Crippen LogP contribution in [0, 0.1) is 0 Å². The Bertz CT molecular complexity index is 886. The zero-order valence-electron chi connectivity index (χ0n) is 16.7. The van der Waals surface area contributed by atoms with Crippen molar-refractivity contribution in [3.8, 4) is 11.3 Å². The number of hydrogen-bond acceptors (Lipinski definition) is 4. The molecular formula is C23H27N3OS. The summed E-state index contributed by atoms with van der Waals surface area (Å²) in [6, 6.07) is 17.8. The summed E-state index contributed by atoms with van der Waals surface area (Å²) in [5, 5.41) is 6.18. The Morgan fingerprint density at radius 3 is 2.32 bits per heavy atom. The van der Waals surface area contributed by atoms with Crippen molar-refractivity contribution < 1.29 is 4.79 Å². The van der Waals surface area contributed by atoms with Crippen molar-refractivity contribution in [1.82, 2.24) is 4.98 Å². The van der Waals surface area contributed by atoms with Crippen molar-refractivity contribution in [3.63, 3.8) is 0 Å². The molecule has 0 fully saturated rings. The first-order valence-corrected chi connectivity index (χ1v) is 10.7. The van der Waals surface area contributed by atoms with Crippen LogP contribution in [0.5, 0.6) is 0 Å². The number of nitrogens with zero attached hydrogens (tertiary/aromatic N) is 2. The minimum atomic E-state index is -0.143. The second-order valence-corrected chi connectivity index (χ2v) is 7.46. The van der Waals surface area contributed by atoms with Crippen LogP contribution in [-0.2, 0) is 4.79 Å². The fourth-order valence-electron chi connectivity index (χ4n) is 3.25. The molecule has 5 heteroatoms. The maximum absolute atomic E-state index is 12.7. The van der Waals surface area contributed by atoms with Crippen LogP contribution in [0.4, 0.5) is 10.8 Å². The van der Waals surface area contributed by atoms with Gasteiger partial charge in [0.05, 0.1) is 11.6 Å². The monoisotopic (exact) mass is 393 g/mol. The van der Waals surface area contributed by atoms with Gasteiger partial charge in [0.15, 0.2) is 5.13 Å². The molecule has 0 saturated heterocycles. The van der Waals surface area contributed by atoms with Gasteiger partial charge in [-0.15, -0.1) is 11.3 Å². The Morgan fingerprint density at radius 1 is 1.04 bits per heavy atom. The average molecular weight is 394 g/mol. The van der Waals surface area contributed by atoms with Gasteiger partial charge in [0.1, 0.15) is 0 Å². The van der Waals surface area contributed by atoms with Gasteiger partial charge in [-0.05, 0) is 38.0 Å². The molecule has 0 spiro atoms. The lowest BCUT2D eigenvalue weighted by Gasteiger charge is -2.16. The minimum absolute atomic E-state index is 0.0268. The van der Waals surface area contributed by atoms with Gasteiger partial charge in [-0.2, -0.15) is 0 Å².